The first kappa shape index (κ1) is 16.1. The smallest absolute Gasteiger partial charge is 0.264 e. The normalized spacial score (nSPS) is 11.6. The van der Waals surface area contributed by atoms with Crippen LogP contribution in [0.4, 0.5) is 0 Å². The number of hydrogen-bond donors (Lipinski definition) is 2. The maximum atomic E-state index is 8.74. The van der Waals surface area contributed by atoms with Crippen LogP contribution < -0.4 is 0 Å². The quantitative estimate of drug-likeness (QED) is 0.624. The van der Waals surface area contributed by atoms with Crippen molar-refractivity contribution in [2.45, 2.75) is 22.9 Å². The van der Waals surface area contributed by atoms with Crippen LogP contribution in [0.3, 0.4) is 0 Å². The van der Waals surface area contributed by atoms with Crippen molar-refractivity contribution in [2.75, 3.05) is 0 Å². The van der Waals surface area contributed by atoms with E-state index in [2.05, 4.69) is 44.2 Å². The molecular weight excluding hydrogens is 239 g/mol. The van der Waals surface area contributed by atoms with E-state index >= 15 is 0 Å². The Morgan fingerprint density at radius 1 is 1.19 bits per heavy atom. The SMILES string of the molecule is C[C](C)([Na])Cc1ccccc1.O=S(=O)(O)O. The molecule has 0 aliphatic rings. The van der Waals surface area contributed by atoms with Gasteiger partial charge in [-0.3, -0.25) is 9.11 Å². The molecule has 0 saturated carbocycles. The van der Waals surface area contributed by atoms with E-state index in [1.165, 1.54) is 39.9 Å². The van der Waals surface area contributed by atoms with Crippen LogP contribution in [0.2, 0.25) is 2.66 Å². The Morgan fingerprint density at radius 2 is 1.56 bits per heavy atom. The summed E-state index contributed by atoms with van der Waals surface area (Å²) in [5.74, 6) is 0. The van der Waals surface area contributed by atoms with Crippen LogP contribution >= 0.6 is 0 Å². The van der Waals surface area contributed by atoms with Crippen molar-refractivity contribution in [3.8, 4) is 0 Å². The van der Waals surface area contributed by atoms with Gasteiger partial charge in [0.15, 0.2) is 0 Å². The number of rotatable bonds is 2. The molecule has 6 heteroatoms. The molecule has 1 rings (SSSR count). The van der Waals surface area contributed by atoms with E-state index in [9.17, 15) is 0 Å². The topological polar surface area (TPSA) is 74.6 Å². The standard InChI is InChI=1S/C10H13.Na.H2O4S/c1-9(2)8-10-6-4-3-5-7-10;;1-5(2,3)4/h3-7H,8H2,1-2H3;;(H2,1,2,3,4). The van der Waals surface area contributed by atoms with Crippen LogP contribution in [0.15, 0.2) is 30.3 Å². The zero-order valence-electron chi connectivity index (χ0n) is 9.71. The second kappa shape index (κ2) is 6.74. The Hall–Kier alpha value is 0.0900. The molecule has 1 aromatic carbocycles. The molecule has 0 heterocycles. The molecule has 0 amide bonds. The molecular formula is C10H15NaO4S. The summed E-state index contributed by atoms with van der Waals surface area (Å²) in [5, 5.41) is 0. The van der Waals surface area contributed by atoms with Crippen LogP contribution in [-0.4, -0.2) is 45.5 Å². The van der Waals surface area contributed by atoms with Crippen molar-refractivity contribution in [1.29, 1.82) is 0 Å². The third-order valence-corrected chi connectivity index (χ3v) is 1.93. The summed E-state index contributed by atoms with van der Waals surface area (Å²) in [4.78, 5) is 0. The molecule has 16 heavy (non-hydrogen) atoms. The minimum Gasteiger partial charge on any atom is -0.264 e. The monoisotopic (exact) mass is 254 g/mol. The van der Waals surface area contributed by atoms with Gasteiger partial charge in [0.1, 0.15) is 0 Å². The van der Waals surface area contributed by atoms with E-state index in [1.807, 2.05) is 0 Å². The van der Waals surface area contributed by atoms with Crippen molar-refractivity contribution in [3.05, 3.63) is 35.9 Å². The average molecular weight is 254 g/mol. The van der Waals surface area contributed by atoms with E-state index in [1.54, 1.807) is 0 Å². The van der Waals surface area contributed by atoms with Gasteiger partial charge in [0.25, 0.3) is 0 Å². The van der Waals surface area contributed by atoms with Crippen LogP contribution in [0, 0.1) is 0 Å². The van der Waals surface area contributed by atoms with Gasteiger partial charge in [0, 0.05) is 0 Å². The summed E-state index contributed by atoms with van der Waals surface area (Å²) in [7, 11) is -4.67. The third kappa shape index (κ3) is 14.1. The van der Waals surface area contributed by atoms with Gasteiger partial charge < -0.3 is 0 Å². The van der Waals surface area contributed by atoms with Crippen molar-refractivity contribution < 1.29 is 17.5 Å². The molecule has 0 radical (unpaired) electrons. The van der Waals surface area contributed by atoms with Crippen LogP contribution in [0.25, 0.3) is 0 Å². The summed E-state index contributed by atoms with van der Waals surface area (Å²) < 4.78 is 32.1. The maximum absolute atomic E-state index is 8.74. The van der Waals surface area contributed by atoms with Gasteiger partial charge in [-0.05, 0) is 0 Å². The molecule has 4 nitrogen and oxygen atoms in total. The van der Waals surface area contributed by atoms with Gasteiger partial charge in [-0.2, -0.15) is 8.42 Å². The second-order valence-corrected chi connectivity index (χ2v) is 8.27. The van der Waals surface area contributed by atoms with Gasteiger partial charge in [0.2, 0.25) is 0 Å². The largest absolute Gasteiger partial charge is 0.394 e. The summed E-state index contributed by atoms with van der Waals surface area (Å²) in [6.45, 7) is 4.65. The molecule has 0 unspecified atom stereocenters. The molecule has 0 saturated heterocycles. The van der Waals surface area contributed by atoms with E-state index in [0.717, 1.165) is 0 Å². The minimum absolute atomic E-state index is 0.543. The molecule has 0 bridgehead atoms. The minimum atomic E-state index is -4.67. The summed E-state index contributed by atoms with van der Waals surface area (Å²) >= 11 is 1.26. The van der Waals surface area contributed by atoms with E-state index in [0.29, 0.717) is 2.66 Å². The molecule has 0 aromatic heterocycles. The Bertz CT molecular complexity index is 387. The predicted molar refractivity (Wildman–Crippen MR) is 64.1 cm³/mol. The number of benzene rings is 1. The van der Waals surface area contributed by atoms with Crippen molar-refractivity contribution in [3.63, 3.8) is 0 Å². The maximum Gasteiger partial charge on any atom is 0.394 e. The van der Waals surface area contributed by atoms with E-state index < -0.39 is 10.4 Å². The Balaban J connectivity index is 0.000000385. The summed E-state index contributed by atoms with van der Waals surface area (Å²) in [6.07, 6.45) is 1.22. The molecule has 0 fully saturated rings. The number of hydrogen-bond acceptors (Lipinski definition) is 2. The first-order valence-corrected chi connectivity index (χ1v) is 7.21. The summed E-state index contributed by atoms with van der Waals surface area (Å²) in [6, 6.07) is 10.7. The van der Waals surface area contributed by atoms with E-state index in [4.69, 9.17) is 17.5 Å². The van der Waals surface area contributed by atoms with Crippen LogP contribution in [-0.2, 0) is 16.8 Å². The van der Waals surface area contributed by atoms with Crippen LogP contribution in [0.5, 0.6) is 0 Å². The van der Waals surface area contributed by atoms with Gasteiger partial charge in [-0.1, -0.05) is 0 Å². The molecule has 0 atom stereocenters. The predicted octanol–water partition coefficient (Wildman–Crippen LogP) is 1.94. The van der Waals surface area contributed by atoms with Crippen molar-refractivity contribution in [1.82, 2.24) is 0 Å². The zero-order valence-corrected chi connectivity index (χ0v) is 12.5. The Labute approximate surface area is 114 Å². The fourth-order valence-corrected chi connectivity index (χ4v) is 1.62. The molecule has 0 spiro atoms. The van der Waals surface area contributed by atoms with Gasteiger partial charge in [-0.15, -0.1) is 0 Å². The summed E-state index contributed by atoms with van der Waals surface area (Å²) in [5.41, 5.74) is 1.47. The second-order valence-electron chi connectivity index (χ2n) is 4.67. The van der Waals surface area contributed by atoms with Crippen molar-refractivity contribution in [2.24, 2.45) is 0 Å². The van der Waals surface area contributed by atoms with Gasteiger partial charge >= 0.3 is 97.2 Å². The first-order valence-electron chi connectivity index (χ1n) is 4.82. The molecule has 0 aliphatic carbocycles. The average Bonchev–Trinajstić information content (AvgIpc) is 1.99. The first-order chi connectivity index (χ1) is 7.08. The zero-order chi connectivity index (χ0) is 12.8. The van der Waals surface area contributed by atoms with Crippen molar-refractivity contribution >= 4 is 38.3 Å². The van der Waals surface area contributed by atoms with Gasteiger partial charge in [0.05, 0.1) is 0 Å². The Kier molecular flexibility index (Phi) is 6.77. The fourth-order valence-electron chi connectivity index (χ4n) is 1.21. The fraction of sp³-hybridized carbons (Fsp3) is 0.400. The van der Waals surface area contributed by atoms with Crippen LogP contribution in [0.1, 0.15) is 19.4 Å². The molecule has 2 N–H and O–H groups in total. The molecule has 0 aliphatic heterocycles. The Morgan fingerprint density at radius 3 is 1.88 bits per heavy atom. The third-order valence-electron chi connectivity index (χ3n) is 1.58. The molecule has 1 aromatic rings. The molecule has 86 valence electrons. The van der Waals surface area contributed by atoms with Gasteiger partial charge in [-0.25, -0.2) is 0 Å². The van der Waals surface area contributed by atoms with E-state index in [-0.39, 0.29) is 0 Å².